The lowest BCUT2D eigenvalue weighted by Gasteiger charge is -2.06. The minimum Gasteiger partial charge on any atom is -0.280 e. The molecule has 7 heterocycles. The molecule has 0 aliphatic carbocycles. The largest absolute Gasteiger partial charge is 0.280 e. The first-order chi connectivity index (χ1) is 14.2. The van der Waals surface area contributed by atoms with Crippen LogP contribution >= 0.6 is 58.4 Å². The molecular weight excluding hydrogens is 457 g/mol. The van der Waals surface area contributed by atoms with Gasteiger partial charge in [-0.3, -0.25) is 8.80 Å². The lowest BCUT2D eigenvalue weighted by molar-refractivity contribution is 1.24. The molecule has 0 atom stereocenters. The van der Waals surface area contributed by atoms with Crippen LogP contribution in [-0.2, 0) is 0 Å². The van der Waals surface area contributed by atoms with Gasteiger partial charge in [0.25, 0.3) is 0 Å². The fourth-order valence-electron chi connectivity index (χ4n) is 4.52. The van der Waals surface area contributed by atoms with E-state index in [-0.39, 0.29) is 0 Å². The van der Waals surface area contributed by atoms with Gasteiger partial charge in [-0.05, 0) is 22.9 Å². The van der Waals surface area contributed by atoms with Gasteiger partial charge >= 0.3 is 0 Å². The van der Waals surface area contributed by atoms with E-state index in [1.54, 1.807) is 34.0 Å². The van der Waals surface area contributed by atoms with E-state index in [1.807, 2.05) is 0 Å². The third kappa shape index (κ3) is 1.61. The number of nitrogens with zero attached hydrogens (tertiary/aromatic N) is 4. The number of hydrogen-bond acceptors (Lipinski definition) is 7. The Morgan fingerprint density at radius 1 is 0.690 bits per heavy atom. The van der Waals surface area contributed by atoms with Crippen LogP contribution in [0.4, 0.5) is 0 Å². The minimum atomic E-state index is 0.810. The molecule has 0 aliphatic rings. The zero-order valence-electron chi connectivity index (χ0n) is 14.3. The first kappa shape index (κ1) is 15.5. The SMILES string of the molecule is S=c1c2ccc3c(=S)n4c5ccsc5nc4c4sc(c2c34)c2nc3sccc3n12. The molecule has 8 rings (SSSR count). The maximum atomic E-state index is 5.93. The van der Waals surface area contributed by atoms with Crippen molar-refractivity contribution in [3.05, 3.63) is 44.3 Å². The number of benzene rings is 1. The monoisotopic (exact) mass is 462 g/mol. The maximum Gasteiger partial charge on any atom is 0.158 e. The Labute approximate surface area is 183 Å². The molecule has 0 bridgehead atoms. The van der Waals surface area contributed by atoms with E-state index in [0.717, 1.165) is 61.4 Å². The van der Waals surface area contributed by atoms with Crippen LogP contribution in [0.3, 0.4) is 0 Å². The van der Waals surface area contributed by atoms with Crippen molar-refractivity contribution in [2.75, 3.05) is 0 Å². The predicted octanol–water partition coefficient (Wildman–Crippen LogP) is 7.27. The quantitative estimate of drug-likeness (QED) is 0.175. The lowest BCUT2D eigenvalue weighted by atomic mass is 10.1. The summed E-state index contributed by atoms with van der Waals surface area (Å²) >= 11 is 16.9. The van der Waals surface area contributed by atoms with Crippen LogP contribution in [0.1, 0.15) is 0 Å². The van der Waals surface area contributed by atoms with Gasteiger partial charge in [0.2, 0.25) is 0 Å². The summed E-state index contributed by atoms with van der Waals surface area (Å²) in [5.74, 6) is 0. The van der Waals surface area contributed by atoms with E-state index in [4.69, 9.17) is 34.4 Å². The highest BCUT2D eigenvalue weighted by Gasteiger charge is 2.23. The van der Waals surface area contributed by atoms with Crippen LogP contribution in [0.2, 0.25) is 0 Å². The van der Waals surface area contributed by atoms with Crippen molar-refractivity contribution in [2.45, 2.75) is 0 Å². The maximum absolute atomic E-state index is 5.93. The average molecular weight is 463 g/mol. The van der Waals surface area contributed by atoms with E-state index >= 15 is 0 Å². The Morgan fingerprint density at radius 2 is 1.17 bits per heavy atom. The highest BCUT2D eigenvalue weighted by atomic mass is 32.1. The molecule has 0 spiro atoms. The van der Waals surface area contributed by atoms with Gasteiger partial charge in [-0.2, -0.15) is 0 Å². The van der Waals surface area contributed by atoms with E-state index in [2.05, 4.69) is 43.8 Å². The minimum absolute atomic E-state index is 0.810. The highest BCUT2D eigenvalue weighted by molar-refractivity contribution is 7.72. The van der Waals surface area contributed by atoms with E-state index in [0.29, 0.717) is 0 Å². The smallest absolute Gasteiger partial charge is 0.158 e. The first-order valence-corrected chi connectivity index (χ1v) is 12.2. The Hall–Kier alpha value is -2.30. The fraction of sp³-hybridized carbons (Fsp3) is 0. The van der Waals surface area contributed by atoms with Crippen LogP contribution in [0.25, 0.3) is 62.9 Å². The molecule has 0 saturated heterocycles. The van der Waals surface area contributed by atoms with Crippen LogP contribution in [0, 0.1) is 9.28 Å². The molecule has 29 heavy (non-hydrogen) atoms. The molecule has 0 fully saturated rings. The van der Waals surface area contributed by atoms with E-state index < -0.39 is 0 Å². The number of thiophene rings is 3. The van der Waals surface area contributed by atoms with Crippen molar-refractivity contribution in [3.63, 3.8) is 0 Å². The molecule has 9 heteroatoms. The van der Waals surface area contributed by atoms with E-state index in [9.17, 15) is 0 Å². The second-order valence-electron chi connectivity index (χ2n) is 7.04. The summed E-state index contributed by atoms with van der Waals surface area (Å²) in [4.78, 5) is 11.9. The van der Waals surface area contributed by atoms with Crippen molar-refractivity contribution in [1.29, 1.82) is 0 Å². The Kier molecular flexibility index (Phi) is 2.61. The van der Waals surface area contributed by atoms with Gasteiger partial charge in [-0.1, -0.05) is 36.6 Å². The summed E-state index contributed by atoms with van der Waals surface area (Å²) in [6.07, 6.45) is 0. The van der Waals surface area contributed by atoms with Gasteiger partial charge in [0.15, 0.2) is 11.3 Å². The molecule has 136 valence electrons. The second-order valence-corrected chi connectivity index (χ2v) is 10.6. The summed E-state index contributed by atoms with van der Waals surface area (Å²) in [6, 6.07) is 8.45. The Bertz CT molecular complexity index is 1920. The van der Waals surface area contributed by atoms with Gasteiger partial charge in [0.05, 0.1) is 20.4 Å². The molecule has 0 amide bonds. The third-order valence-corrected chi connectivity index (χ3v) is 9.28. The van der Waals surface area contributed by atoms with Crippen LogP contribution in [0.5, 0.6) is 0 Å². The lowest BCUT2D eigenvalue weighted by Crippen LogP contribution is -1.91. The van der Waals surface area contributed by atoms with Gasteiger partial charge < -0.3 is 0 Å². The van der Waals surface area contributed by atoms with Gasteiger partial charge in [-0.15, -0.1) is 34.0 Å². The zero-order chi connectivity index (χ0) is 19.0. The Morgan fingerprint density at radius 3 is 1.66 bits per heavy atom. The first-order valence-electron chi connectivity index (χ1n) is 8.84. The third-order valence-electron chi connectivity index (χ3n) is 5.71. The topological polar surface area (TPSA) is 34.6 Å². The molecule has 1 aromatic carbocycles. The van der Waals surface area contributed by atoms with Gasteiger partial charge in [0, 0.05) is 21.5 Å². The molecule has 0 aliphatic heterocycles. The van der Waals surface area contributed by atoms with Crippen molar-refractivity contribution in [3.8, 4) is 0 Å². The van der Waals surface area contributed by atoms with Crippen LogP contribution in [0.15, 0.2) is 35.0 Å². The molecule has 0 unspecified atom stereocenters. The van der Waals surface area contributed by atoms with Crippen molar-refractivity contribution < 1.29 is 0 Å². The Balaban J connectivity index is 1.80. The summed E-state index contributed by atoms with van der Waals surface area (Å²) in [6.45, 7) is 0. The summed E-state index contributed by atoms with van der Waals surface area (Å²) in [5.41, 5.74) is 4.05. The van der Waals surface area contributed by atoms with Crippen LogP contribution in [-0.4, -0.2) is 18.8 Å². The molecule has 0 radical (unpaired) electrons. The molecule has 4 nitrogen and oxygen atoms in total. The number of fused-ring (bicyclic) bond motifs is 8. The number of aromatic nitrogens is 4. The van der Waals surface area contributed by atoms with Crippen molar-refractivity contribution in [1.82, 2.24) is 18.8 Å². The molecule has 0 saturated carbocycles. The molecule has 7 aromatic heterocycles. The molecular formula is C20H6N4S5. The predicted molar refractivity (Wildman–Crippen MR) is 129 cm³/mol. The number of imidazole rings is 2. The average Bonchev–Trinajstić information content (AvgIpc) is 3.48. The number of rotatable bonds is 0. The molecule has 0 N–H and O–H groups in total. The van der Waals surface area contributed by atoms with Crippen LogP contribution < -0.4 is 0 Å². The standard InChI is InChI=1S/C20H6N4S5/c25-19-7-1-2-8-12-11(7)13(15-21-17-9(23(15)19)3-5-27-17)29-14(12)16-22-18-10(4-6-28-18)24(16)20(8)26/h1-6H. The van der Waals surface area contributed by atoms with Crippen molar-refractivity contribution >= 4 is 121 Å². The second kappa shape index (κ2) is 4.88. The molecule has 8 aromatic rings. The normalized spacial score (nSPS) is 13.1. The van der Waals surface area contributed by atoms with Gasteiger partial charge in [0.1, 0.15) is 18.9 Å². The number of hydrogen-bond donors (Lipinski definition) is 0. The fourth-order valence-corrected chi connectivity index (χ4v) is 8.01. The van der Waals surface area contributed by atoms with Crippen molar-refractivity contribution in [2.24, 2.45) is 0 Å². The summed E-state index contributed by atoms with van der Waals surface area (Å²) in [5, 5.41) is 8.66. The highest BCUT2D eigenvalue weighted by Crippen LogP contribution is 2.46. The van der Waals surface area contributed by atoms with E-state index in [1.165, 1.54) is 10.8 Å². The zero-order valence-corrected chi connectivity index (χ0v) is 18.4. The summed E-state index contributed by atoms with van der Waals surface area (Å²) in [7, 11) is 0. The van der Waals surface area contributed by atoms with Gasteiger partial charge in [-0.25, -0.2) is 9.97 Å². The summed E-state index contributed by atoms with van der Waals surface area (Å²) < 4.78 is 8.19. The number of pyridine rings is 2.